The molecule has 1 aromatic heterocycles. The van der Waals surface area contributed by atoms with E-state index in [0.717, 1.165) is 27.6 Å². The number of thiazole rings is 1. The molecule has 8 heteroatoms. The fourth-order valence-corrected chi connectivity index (χ4v) is 3.19. The molecule has 5 nitrogen and oxygen atoms in total. The number of hydrogen-bond donors (Lipinski definition) is 2. The van der Waals surface area contributed by atoms with Crippen LogP contribution in [0.2, 0.25) is 0 Å². The maximum absolute atomic E-state index is 5.92. The molecule has 0 aliphatic carbocycles. The number of nitrogens with one attached hydrogen (secondary N) is 2. The third-order valence-corrected chi connectivity index (χ3v) is 5.10. The van der Waals surface area contributed by atoms with Gasteiger partial charge in [0.25, 0.3) is 0 Å². The third kappa shape index (κ3) is 7.49. The van der Waals surface area contributed by atoms with E-state index in [-0.39, 0.29) is 30.1 Å². The van der Waals surface area contributed by atoms with Gasteiger partial charge in [0.1, 0.15) is 16.9 Å². The predicted octanol–water partition coefficient (Wildman–Crippen LogP) is 4.22. The van der Waals surface area contributed by atoms with Crippen LogP contribution in [0.5, 0.6) is 5.75 Å². The topological polar surface area (TPSA) is 58.5 Å². The van der Waals surface area contributed by atoms with Crippen LogP contribution in [-0.4, -0.2) is 30.6 Å². The Morgan fingerprint density at radius 1 is 1.36 bits per heavy atom. The van der Waals surface area contributed by atoms with Gasteiger partial charge in [0.05, 0.1) is 17.6 Å². The molecule has 0 radical (unpaired) electrons. The van der Waals surface area contributed by atoms with Gasteiger partial charge < -0.3 is 15.4 Å². The van der Waals surface area contributed by atoms with Gasteiger partial charge in [-0.2, -0.15) is 0 Å². The van der Waals surface area contributed by atoms with Gasteiger partial charge in [0.15, 0.2) is 5.96 Å². The fraction of sp³-hybridized carbons (Fsp3) is 0.412. The Labute approximate surface area is 178 Å². The number of rotatable bonds is 7. The van der Waals surface area contributed by atoms with Gasteiger partial charge in [-0.1, -0.05) is 19.1 Å². The van der Waals surface area contributed by atoms with E-state index >= 15 is 0 Å². The lowest BCUT2D eigenvalue weighted by Crippen LogP contribution is -2.41. The normalized spacial score (nSPS) is 12.2. The number of nitrogens with zero attached hydrogens (tertiary/aromatic N) is 2. The Morgan fingerprint density at radius 3 is 2.76 bits per heavy atom. The standard InChI is InChI=1S/C17H23BrN4OS.HI/c1-4-13-10-20-16(24-13)11-22-17(19-3)21-9-12(2)23-15-8-6-5-7-14(15)18;/h5-8,10,12H,4,9,11H2,1-3H3,(H2,19,21,22);1H. The summed E-state index contributed by atoms with van der Waals surface area (Å²) in [5.74, 6) is 1.58. The largest absolute Gasteiger partial charge is 0.488 e. The van der Waals surface area contributed by atoms with E-state index in [1.165, 1.54) is 4.88 Å². The van der Waals surface area contributed by atoms with Crippen LogP contribution in [0.4, 0.5) is 0 Å². The summed E-state index contributed by atoms with van der Waals surface area (Å²) >= 11 is 5.22. The quantitative estimate of drug-likeness (QED) is 0.315. The molecule has 138 valence electrons. The van der Waals surface area contributed by atoms with Crippen LogP contribution in [0.1, 0.15) is 23.7 Å². The number of ether oxygens (including phenoxy) is 1. The molecule has 0 aliphatic rings. The van der Waals surface area contributed by atoms with Crippen molar-refractivity contribution < 1.29 is 4.74 Å². The van der Waals surface area contributed by atoms with Gasteiger partial charge in [-0.25, -0.2) is 4.98 Å². The number of para-hydroxylation sites is 1. The van der Waals surface area contributed by atoms with Crippen LogP contribution in [0.25, 0.3) is 0 Å². The van der Waals surface area contributed by atoms with Crippen molar-refractivity contribution in [2.75, 3.05) is 13.6 Å². The highest BCUT2D eigenvalue weighted by molar-refractivity contribution is 14.0. The van der Waals surface area contributed by atoms with Crippen molar-refractivity contribution >= 4 is 57.2 Å². The van der Waals surface area contributed by atoms with Gasteiger partial charge in [-0.05, 0) is 41.4 Å². The van der Waals surface area contributed by atoms with Crippen molar-refractivity contribution in [3.05, 3.63) is 44.8 Å². The number of hydrogen-bond acceptors (Lipinski definition) is 4. The van der Waals surface area contributed by atoms with Crippen LogP contribution in [0.15, 0.2) is 39.9 Å². The van der Waals surface area contributed by atoms with Gasteiger partial charge in [0, 0.05) is 18.1 Å². The van der Waals surface area contributed by atoms with E-state index < -0.39 is 0 Å². The molecule has 0 bridgehead atoms. The summed E-state index contributed by atoms with van der Waals surface area (Å²) in [4.78, 5) is 9.93. The first-order chi connectivity index (χ1) is 11.6. The summed E-state index contributed by atoms with van der Waals surface area (Å²) in [6.45, 7) is 5.48. The number of guanidine groups is 1. The summed E-state index contributed by atoms with van der Waals surface area (Å²) in [5.41, 5.74) is 0. The number of benzene rings is 1. The average Bonchev–Trinajstić information content (AvgIpc) is 3.05. The average molecular weight is 539 g/mol. The zero-order valence-electron chi connectivity index (χ0n) is 14.6. The van der Waals surface area contributed by atoms with E-state index in [2.05, 4.69) is 43.5 Å². The molecule has 1 atom stereocenters. The smallest absolute Gasteiger partial charge is 0.191 e. The molecule has 2 rings (SSSR count). The van der Waals surface area contributed by atoms with Crippen LogP contribution < -0.4 is 15.4 Å². The number of aryl methyl sites for hydroxylation is 1. The van der Waals surface area contributed by atoms with Crippen LogP contribution in [0.3, 0.4) is 0 Å². The van der Waals surface area contributed by atoms with E-state index in [4.69, 9.17) is 4.74 Å². The molecular weight excluding hydrogens is 515 g/mol. The van der Waals surface area contributed by atoms with Crippen LogP contribution >= 0.6 is 51.2 Å². The molecule has 1 aromatic carbocycles. The summed E-state index contributed by atoms with van der Waals surface area (Å²) in [7, 11) is 1.76. The fourth-order valence-electron chi connectivity index (χ4n) is 2.01. The molecule has 25 heavy (non-hydrogen) atoms. The molecule has 0 fully saturated rings. The minimum atomic E-state index is 0. The first-order valence-corrected chi connectivity index (χ1v) is 9.52. The van der Waals surface area contributed by atoms with E-state index in [1.54, 1.807) is 18.4 Å². The van der Waals surface area contributed by atoms with E-state index in [1.807, 2.05) is 37.4 Å². The Bertz CT molecular complexity index is 680. The monoisotopic (exact) mass is 538 g/mol. The summed E-state index contributed by atoms with van der Waals surface area (Å²) in [5, 5.41) is 7.61. The summed E-state index contributed by atoms with van der Waals surface area (Å²) in [6.07, 6.45) is 2.97. The lowest BCUT2D eigenvalue weighted by molar-refractivity contribution is 0.222. The van der Waals surface area contributed by atoms with Crippen molar-refractivity contribution in [2.24, 2.45) is 4.99 Å². The Hall–Kier alpha value is -0.870. The zero-order chi connectivity index (χ0) is 17.4. The zero-order valence-corrected chi connectivity index (χ0v) is 19.3. The highest BCUT2D eigenvalue weighted by Gasteiger charge is 2.08. The maximum atomic E-state index is 5.92. The summed E-state index contributed by atoms with van der Waals surface area (Å²) in [6, 6.07) is 7.84. The number of halogens is 2. The molecule has 0 saturated carbocycles. The Kier molecular flexibility index (Phi) is 10.4. The van der Waals surface area contributed by atoms with Crippen molar-refractivity contribution in [3.63, 3.8) is 0 Å². The Morgan fingerprint density at radius 2 is 2.12 bits per heavy atom. The molecule has 2 N–H and O–H groups in total. The molecule has 2 aromatic rings. The van der Waals surface area contributed by atoms with Gasteiger partial charge in [-0.15, -0.1) is 35.3 Å². The van der Waals surface area contributed by atoms with E-state index in [0.29, 0.717) is 13.1 Å². The van der Waals surface area contributed by atoms with Crippen LogP contribution in [-0.2, 0) is 13.0 Å². The molecule has 0 aliphatic heterocycles. The highest BCUT2D eigenvalue weighted by atomic mass is 127. The molecule has 0 saturated heterocycles. The van der Waals surface area contributed by atoms with Gasteiger partial charge in [-0.3, -0.25) is 4.99 Å². The van der Waals surface area contributed by atoms with Crippen molar-refractivity contribution in [2.45, 2.75) is 32.9 Å². The lowest BCUT2D eigenvalue weighted by atomic mass is 10.3. The first-order valence-electron chi connectivity index (χ1n) is 7.91. The SMILES string of the molecule is CCc1cnc(CNC(=NC)NCC(C)Oc2ccccc2Br)s1.I. The Balaban J connectivity index is 0.00000312. The van der Waals surface area contributed by atoms with Crippen molar-refractivity contribution in [3.8, 4) is 5.75 Å². The highest BCUT2D eigenvalue weighted by Crippen LogP contribution is 2.24. The second-order valence-corrected chi connectivity index (χ2v) is 7.29. The second-order valence-electron chi connectivity index (χ2n) is 5.24. The van der Waals surface area contributed by atoms with Gasteiger partial charge in [0.2, 0.25) is 0 Å². The van der Waals surface area contributed by atoms with Gasteiger partial charge >= 0.3 is 0 Å². The van der Waals surface area contributed by atoms with E-state index in [9.17, 15) is 0 Å². The summed E-state index contributed by atoms with van der Waals surface area (Å²) < 4.78 is 6.87. The van der Waals surface area contributed by atoms with Crippen molar-refractivity contribution in [1.29, 1.82) is 0 Å². The maximum Gasteiger partial charge on any atom is 0.191 e. The lowest BCUT2D eigenvalue weighted by Gasteiger charge is -2.18. The molecule has 0 spiro atoms. The molecule has 0 amide bonds. The van der Waals surface area contributed by atoms with Crippen LogP contribution in [0, 0.1) is 0 Å². The molecule has 1 heterocycles. The number of aliphatic imine (C=N–C) groups is 1. The molecular formula is C17H24BrIN4OS. The first kappa shape index (κ1) is 22.2. The van der Waals surface area contributed by atoms with Crippen molar-refractivity contribution in [1.82, 2.24) is 15.6 Å². The minimum absolute atomic E-state index is 0. The second kappa shape index (κ2) is 11.7. The molecule has 1 unspecified atom stereocenters. The predicted molar refractivity (Wildman–Crippen MR) is 119 cm³/mol. The number of aromatic nitrogens is 1. The third-order valence-electron chi connectivity index (χ3n) is 3.30. The minimum Gasteiger partial charge on any atom is -0.488 e.